The van der Waals surface area contributed by atoms with Gasteiger partial charge in [-0.25, -0.2) is 9.78 Å². The van der Waals surface area contributed by atoms with Crippen molar-refractivity contribution in [2.75, 3.05) is 6.61 Å². The number of Topliss-reactive ketones (excluding diaryl/α,β-unsaturated/α-hetero) is 1. The average Bonchev–Trinajstić information content (AvgIpc) is 3.03. The number of para-hydroxylation sites is 1. The van der Waals surface area contributed by atoms with E-state index in [0.717, 1.165) is 22.9 Å². The van der Waals surface area contributed by atoms with E-state index in [1.54, 1.807) is 12.3 Å². The molecule has 24 heavy (non-hydrogen) atoms. The number of nitrogens with zero attached hydrogens (tertiary/aromatic N) is 1. The minimum atomic E-state index is -0.681. The van der Waals surface area contributed by atoms with Gasteiger partial charge in [0.1, 0.15) is 5.69 Å². The summed E-state index contributed by atoms with van der Waals surface area (Å²) in [6, 6.07) is 8.75. The lowest BCUT2D eigenvalue weighted by Crippen LogP contribution is -2.15. The van der Waals surface area contributed by atoms with Crippen molar-refractivity contribution in [2.45, 2.75) is 13.3 Å². The van der Waals surface area contributed by atoms with E-state index in [0.29, 0.717) is 10.6 Å². The molecule has 122 valence electrons. The first kappa shape index (κ1) is 16.2. The van der Waals surface area contributed by atoms with E-state index >= 15 is 0 Å². The molecule has 0 unspecified atom stereocenters. The molecule has 0 fully saturated rings. The number of pyridine rings is 1. The number of carbonyl (C=O) groups excluding carboxylic acids is 2. The van der Waals surface area contributed by atoms with Gasteiger partial charge in [0.25, 0.3) is 0 Å². The van der Waals surface area contributed by atoms with E-state index < -0.39 is 5.97 Å². The molecule has 3 rings (SSSR count). The van der Waals surface area contributed by atoms with Crippen LogP contribution in [0.25, 0.3) is 10.9 Å². The number of benzene rings is 1. The Morgan fingerprint density at radius 3 is 2.88 bits per heavy atom. The fraction of sp³-hybridized carbons (Fsp3) is 0.167. The first-order valence-electron chi connectivity index (χ1n) is 7.51. The second kappa shape index (κ2) is 6.84. The first-order chi connectivity index (χ1) is 11.6. The minimum absolute atomic E-state index is 0.0718. The molecule has 0 aliphatic heterocycles. The number of hydrogen-bond donors (Lipinski definition) is 1. The molecule has 0 spiro atoms. The number of aromatic nitrogens is 2. The van der Waals surface area contributed by atoms with Crippen LogP contribution in [0.4, 0.5) is 0 Å². The van der Waals surface area contributed by atoms with E-state index in [-0.39, 0.29) is 18.1 Å². The molecule has 0 aliphatic rings. The van der Waals surface area contributed by atoms with Gasteiger partial charge >= 0.3 is 5.97 Å². The lowest BCUT2D eigenvalue weighted by molar-refractivity contribution is 0.0469. The molecule has 6 heteroatoms. The molecule has 1 N–H and O–H groups in total. The molecule has 0 bridgehead atoms. The van der Waals surface area contributed by atoms with Gasteiger partial charge < -0.3 is 9.72 Å². The Labute approximate surface area is 143 Å². The van der Waals surface area contributed by atoms with Crippen molar-refractivity contribution in [3.05, 3.63) is 64.6 Å². The van der Waals surface area contributed by atoms with Gasteiger partial charge in [0.05, 0.1) is 0 Å². The Bertz CT molecular complexity index is 918. The van der Waals surface area contributed by atoms with Crippen molar-refractivity contribution in [2.24, 2.45) is 0 Å². The predicted octanol–water partition coefficient (Wildman–Crippen LogP) is 3.82. The summed E-state index contributed by atoms with van der Waals surface area (Å²) in [6.07, 6.45) is 3.92. The van der Waals surface area contributed by atoms with Crippen LogP contribution in [0.1, 0.15) is 33.3 Å². The molecule has 0 saturated carbocycles. The highest BCUT2D eigenvalue weighted by Gasteiger charge is 2.17. The summed E-state index contributed by atoms with van der Waals surface area (Å²) < 4.78 is 5.05. The highest BCUT2D eigenvalue weighted by Crippen LogP contribution is 2.22. The highest BCUT2D eigenvalue weighted by molar-refractivity contribution is 6.30. The smallest absolute Gasteiger partial charge is 0.357 e. The molecule has 2 aromatic heterocycles. The lowest BCUT2D eigenvalue weighted by atomic mass is 10.1. The first-order valence-corrected chi connectivity index (χ1v) is 7.88. The molecule has 0 saturated heterocycles. The van der Waals surface area contributed by atoms with Gasteiger partial charge in [-0.2, -0.15) is 0 Å². The van der Waals surface area contributed by atoms with Crippen LogP contribution in [0.15, 0.2) is 42.7 Å². The van der Waals surface area contributed by atoms with E-state index in [1.807, 2.05) is 18.2 Å². The fourth-order valence-corrected chi connectivity index (χ4v) is 2.70. The zero-order valence-corrected chi connectivity index (χ0v) is 13.8. The van der Waals surface area contributed by atoms with Crippen LogP contribution in [-0.4, -0.2) is 28.3 Å². The van der Waals surface area contributed by atoms with Crippen molar-refractivity contribution in [1.82, 2.24) is 9.97 Å². The van der Waals surface area contributed by atoms with Crippen LogP contribution in [0, 0.1) is 0 Å². The van der Waals surface area contributed by atoms with Crippen LogP contribution < -0.4 is 0 Å². The Kier molecular flexibility index (Phi) is 4.62. The van der Waals surface area contributed by atoms with Gasteiger partial charge in [0, 0.05) is 33.9 Å². The number of esters is 1. The van der Waals surface area contributed by atoms with Crippen LogP contribution in [0.3, 0.4) is 0 Å². The molecule has 3 aromatic rings. The van der Waals surface area contributed by atoms with Crippen molar-refractivity contribution in [3.8, 4) is 0 Å². The molecule has 5 nitrogen and oxygen atoms in total. The van der Waals surface area contributed by atoms with E-state index in [1.165, 1.54) is 12.3 Å². The zero-order chi connectivity index (χ0) is 17.1. The number of ether oxygens (including phenoxy) is 1. The lowest BCUT2D eigenvalue weighted by Gasteiger charge is -2.04. The minimum Gasteiger partial charge on any atom is -0.453 e. The van der Waals surface area contributed by atoms with E-state index in [2.05, 4.69) is 16.9 Å². The summed E-state index contributed by atoms with van der Waals surface area (Å²) in [5.41, 5.74) is 2.65. The summed E-state index contributed by atoms with van der Waals surface area (Å²) in [4.78, 5) is 31.3. The van der Waals surface area contributed by atoms with Crippen molar-refractivity contribution in [3.63, 3.8) is 0 Å². The van der Waals surface area contributed by atoms with Crippen LogP contribution in [0.2, 0.25) is 5.02 Å². The standard InChI is InChI=1S/C18H15ClN2O3/c1-2-11-4-3-5-13-14(9-21-17(11)13)16(22)10-24-18(23)15-8-12(19)6-7-20-15/h3-9,21H,2,10H2,1H3. The largest absolute Gasteiger partial charge is 0.453 e. The number of rotatable bonds is 5. The SMILES string of the molecule is CCc1cccc2c(C(=O)COC(=O)c3cc(Cl)ccn3)c[nH]c12. The maximum absolute atomic E-state index is 12.4. The number of halogens is 1. The quantitative estimate of drug-likeness (QED) is 0.565. The van der Waals surface area contributed by atoms with Crippen LogP contribution in [-0.2, 0) is 11.2 Å². The second-order valence-electron chi connectivity index (χ2n) is 5.25. The number of ketones is 1. The maximum atomic E-state index is 12.4. The number of carbonyl (C=O) groups is 2. The van der Waals surface area contributed by atoms with Crippen LogP contribution >= 0.6 is 11.6 Å². The van der Waals surface area contributed by atoms with Crippen molar-refractivity contribution < 1.29 is 14.3 Å². The maximum Gasteiger partial charge on any atom is 0.357 e. The summed E-state index contributed by atoms with van der Waals surface area (Å²) >= 11 is 5.81. The Morgan fingerprint density at radius 2 is 2.12 bits per heavy atom. The molecule has 0 radical (unpaired) electrons. The summed E-state index contributed by atoms with van der Waals surface area (Å²) in [6.45, 7) is 1.70. The molecule has 1 aromatic carbocycles. The Morgan fingerprint density at radius 1 is 1.29 bits per heavy atom. The number of nitrogens with one attached hydrogen (secondary N) is 1. The Balaban J connectivity index is 1.75. The number of H-pyrrole nitrogens is 1. The van der Waals surface area contributed by atoms with Gasteiger partial charge in [-0.15, -0.1) is 0 Å². The summed E-state index contributed by atoms with van der Waals surface area (Å²) in [5, 5.41) is 1.21. The highest BCUT2D eigenvalue weighted by atomic mass is 35.5. The number of hydrogen-bond acceptors (Lipinski definition) is 4. The van der Waals surface area contributed by atoms with E-state index in [4.69, 9.17) is 16.3 Å². The molecule has 0 aliphatic carbocycles. The molecular weight excluding hydrogens is 328 g/mol. The topological polar surface area (TPSA) is 72.1 Å². The zero-order valence-electron chi connectivity index (χ0n) is 13.0. The average molecular weight is 343 g/mol. The van der Waals surface area contributed by atoms with Gasteiger partial charge in [-0.3, -0.25) is 4.79 Å². The normalized spacial score (nSPS) is 10.8. The van der Waals surface area contributed by atoms with Gasteiger partial charge in [-0.1, -0.05) is 36.7 Å². The monoisotopic (exact) mass is 342 g/mol. The predicted molar refractivity (Wildman–Crippen MR) is 91.5 cm³/mol. The van der Waals surface area contributed by atoms with Gasteiger partial charge in [0.15, 0.2) is 6.61 Å². The van der Waals surface area contributed by atoms with Crippen molar-refractivity contribution in [1.29, 1.82) is 0 Å². The summed E-state index contributed by atoms with van der Waals surface area (Å²) in [5.74, 6) is -0.954. The third-order valence-corrected chi connectivity index (χ3v) is 3.98. The second-order valence-corrected chi connectivity index (χ2v) is 5.69. The van der Waals surface area contributed by atoms with Gasteiger partial charge in [-0.05, 0) is 24.1 Å². The number of aryl methyl sites for hydroxylation is 1. The third kappa shape index (κ3) is 3.16. The molecule has 0 amide bonds. The molecule has 2 heterocycles. The van der Waals surface area contributed by atoms with Crippen LogP contribution in [0.5, 0.6) is 0 Å². The molecule has 0 atom stereocenters. The fourth-order valence-electron chi connectivity index (χ4n) is 2.54. The van der Waals surface area contributed by atoms with Crippen molar-refractivity contribution >= 4 is 34.3 Å². The number of aromatic amines is 1. The van der Waals surface area contributed by atoms with Gasteiger partial charge in [0.2, 0.25) is 5.78 Å². The van der Waals surface area contributed by atoms with E-state index in [9.17, 15) is 9.59 Å². The molecular formula is C18H15ClN2O3. The number of fused-ring (bicyclic) bond motifs is 1. The third-order valence-electron chi connectivity index (χ3n) is 3.75. The summed E-state index contributed by atoms with van der Waals surface area (Å²) in [7, 11) is 0. The Hall–Kier alpha value is -2.66.